The van der Waals surface area contributed by atoms with Gasteiger partial charge in [-0.3, -0.25) is 14.3 Å². The number of benzene rings is 2. The summed E-state index contributed by atoms with van der Waals surface area (Å²) in [4.78, 5) is 27.1. The number of hydrogen-bond donors (Lipinski definition) is 1. The SMILES string of the molecule is Cc1cn([C@H]2O[C@H](COCc3ccccc3)[C@]3(OCc4ccccc4)CCCO[C@@H]23)c(=O)[nH]c1=O. The zero-order valence-electron chi connectivity index (χ0n) is 19.7. The zero-order valence-corrected chi connectivity index (χ0v) is 19.7. The Bertz CT molecular complexity index is 1240. The van der Waals surface area contributed by atoms with Gasteiger partial charge in [0.25, 0.3) is 5.56 Å². The molecule has 0 bridgehead atoms. The van der Waals surface area contributed by atoms with Crippen molar-refractivity contribution in [2.45, 2.75) is 57.0 Å². The fourth-order valence-corrected chi connectivity index (χ4v) is 4.93. The third-order valence-electron chi connectivity index (χ3n) is 6.75. The lowest BCUT2D eigenvalue weighted by atomic mass is 9.85. The van der Waals surface area contributed by atoms with Crippen molar-refractivity contribution in [3.63, 3.8) is 0 Å². The summed E-state index contributed by atoms with van der Waals surface area (Å²) < 4.78 is 26.8. The van der Waals surface area contributed by atoms with Crippen LogP contribution in [0.1, 0.15) is 35.8 Å². The van der Waals surface area contributed by atoms with Gasteiger partial charge in [-0.2, -0.15) is 0 Å². The molecule has 184 valence electrons. The molecule has 3 heterocycles. The van der Waals surface area contributed by atoms with Gasteiger partial charge in [0, 0.05) is 18.4 Å². The minimum atomic E-state index is -0.807. The minimum absolute atomic E-state index is 0.275. The van der Waals surface area contributed by atoms with E-state index in [0.29, 0.717) is 31.8 Å². The highest BCUT2D eigenvalue weighted by molar-refractivity contribution is 5.16. The van der Waals surface area contributed by atoms with E-state index in [2.05, 4.69) is 4.98 Å². The highest BCUT2D eigenvalue weighted by Gasteiger charge is 2.60. The lowest BCUT2D eigenvalue weighted by Gasteiger charge is -2.41. The molecule has 8 heteroatoms. The molecular weight excluding hydrogens is 448 g/mol. The first-order valence-corrected chi connectivity index (χ1v) is 12.0. The summed E-state index contributed by atoms with van der Waals surface area (Å²) >= 11 is 0. The molecule has 2 aromatic carbocycles. The number of rotatable bonds is 8. The van der Waals surface area contributed by atoms with E-state index in [1.807, 2.05) is 60.7 Å². The monoisotopic (exact) mass is 478 g/mol. The summed E-state index contributed by atoms with van der Waals surface area (Å²) in [5.41, 5.74) is 0.758. The van der Waals surface area contributed by atoms with E-state index in [-0.39, 0.29) is 6.61 Å². The van der Waals surface area contributed by atoms with Crippen molar-refractivity contribution in [3.8, 4) is 0 Å². The maximum Gasteiger partial charge on any atom is 0.330 e. The molecule has 8 nitrogen and oxygen atoms in total. The Morgan fingerprint density at radius 3 is 2.43 bits per heavy atom. The second-order valence-corrected chi connectivity index (χ2v) is 9.12. The number of aromatic nitrogens is 2. The largest absolute Gasteiger partial charge is 0.374 e. The van der Waals surface area contributed by atoms with E-state index in [9.17, 15) is 9.59 Å². The second kappa shape index (κ2) is 10.3. The molecular formula is C27H30N2O6. The highest BCUT2D eigenvalue weighted by Crippen LogP contribution is 2.47. The predicted octanol–water partition coefficient (Wildman–Crippen LogP) is 3.09. The van der Waals surface area contributed by atoms with E-state index < -0.39 is 35.3 Å². The normalized spacial score (nSPS) is 25.9. The van der Waals surface area contributed by atoms with E-state index in [0.717, 1.165) is 17.5 Å². The summed E-state index contributed by atoms with van der Waals surface area (Å²) in [6.07, 6.45) is 1.28. The molecule has 3 aromatic rings. The number of nitrogens with one attached hydrogen (secondary N) is 1. The van der Waals surface area contributed by atoms with Gasteiger partial charge in [-0.15, -0.1) is 0 Å². The van der Waals surface area contributed by atoms with Gasteiger partial charge >= 0.3 is 5.69 Å². The standard InChI is InChI=1S/C27H30N2O6/c1-19-15-29(26(31)28-24(19)30)25-23-27(13-8-14-33-23,34-17-21-11-6-3-7-12-21)22(35-25)18-32-16-20-9-4-2-5-10-20/h2-7,9-12,15,22-23,25H,8,13-14,16-18H2,1H3,(H,28,30,31)/t22-,23+,25+,27-/m1/s1. The van der Waals surface area contributed by atoms with Gasteiger partial charge in [0.15, 0.2) is 6.23 Å². The Kier molecular flexibility index (Phi) is 6.97. The van der Waals surface area contributed by atoms with Crippen LogP contribution in [0.4, 0.5) is 0 Å². The molecule has 1 aromatic heterocycles. The Morgan fingerprint density at radius 2 is 1.71 bits per heavy atom. The van der Waals surface area contributed by atoms with Gasteiger partial charge in [-0.25, -0.2) is 4.79 Å². The van der Waals surface area contributed by atoms with Crippen molar-refractivity contribution in [3.05, 3.63) is 104 Å². The number of aromatic amines is 1. The van der Waals surface area contributed by atoms with Crippen molar-refractivity contribution in [2.75, 3.05) is 13.2 Å². The molecule has 0 unspecified atom stereocenters. The Balaban J connectivity index is 1.45. The Morgan fingerprint density at radius 1 is 1.03 bits per heavy atom. The average molecular weight is 479 g/mol. The molecule has 0 amide bonds. The number of hydrogen-bond acceptors (Lipinski definition) is 6. The van der Waals surface area contributed by atoms with E-state index in [1.165, 1.54) is 10.8 Å². The fraction of sp³-hybridized carbons (Fsp3) is 0.407. The number of H-pyrrole nitrogens is 1. The summed E-state index contributed by atoms with van der Waals surface area (Å²) in [6, 6.07) is 19.9. The number of aryl methyl sites for hydroxylation is 1. The van der Waals surface area contributed by atoms with Crippen molar-refractivity contribution in [2.24, 2.45) is 0 Å². The third-order valence-corrected chi connectivity index (χ3v) is 6.75. The van der Waals surface area contributed by atoms with Gasteiger partial charge < -0.3 is 18.9 Å². The van der Waals surface area contributed by atoms with Crippen molar-refractivity contribution in [1.82, 2.24) is 9.55 Å². The topological polar surface area (TPSA) is 91.8 Å². The van der Waals surface area contributed by atoms with Crippen LogP contribution in [-0.4, -0.2) is 40.6 Å². The third kappa shape index (κ3) is 4.88. The van der Waals surface area contributed by atoms with Gasteiger partial charge in [0.05, 0.1) is 19.8 Å². The molecule has 2 fully saturated rings. The maximum absolute atomic E-state index is 12.7. The molecule has 0 aliphatic carbocycles. The Hall–Kier alpha value is -3.04. The molecule has 4 atom stereocenters. The molecule has 2 aliphatic heterocycles. The lowest BCUT2D eigenvalue weighted by molar-refractivity contribution is -0.188. The van der Waals surface area contributed by atoms with Crippen LogP contribution in [0.15, 0.2) is 76.4 Å². The van der Waals surface area contributed by atoms with Crippen LogP contribution in [-0.2, 0) is 32.2 Å². The van der Waals surface area contributed by atoms with Crippen LogP contribution in [0.5, 0.6) is 0 Å². The summed E-state index contributed by atoms with van der Waals surface area (Å²) in [6.45, 7) is 3.28. The van der Waals surface area contributed by atoms with E-state index in [4.69, 9.17) is 18.9 Å². The first kappa shape index (κ1) is 23.7. The first-order chi connectivity index (χ1) is 17.1. The first-order valence-electron chi connectivity index (χ1n) is 12.0. The average Bonchev–Trinajstić information content (AvgIpc) is 3.20. The van der Waals surface area contributed by atoms with Crippen LogP contribution in [0.2, 0.25) is 0 Å². The highest BCUT2D eigenvalue weighted by atomic mass is 16.6. The minimum Gasteiger partial charge on any atom is -0.374 e. The number of fused-ring (bicyclic) bond motifs is 1. The Labute approximate surface area is 203 Å². The van der Waals surface area contributed by atoms with Crippen LogP contribution < -0.4 is 11.2 Å². The summed E-state index contributed by atoms with van der Waals surface area (Å²) in [7, 11) is 0. The maximum atomic E-state index is 12.7. The summed E-state index contributed by atoms with van der Waals surface area (Å²) in [5, 5.41) is 0. The molecule has 35 heavy (non-hydrogen) atoms. The predicted molar refractivity (Wildman–Crippen MR) is 129 cm³/mol. The van der Waals surface area contributed by atoms with Crippen molar-refractivity contribution < 1.29 is 18.9 Å². The van der Waals surface area contributed by atoms with Crippen molar-refractivity contribution in [1.29, 1.82) is 0 Å². The molecule has 0 saturated carbocycles. The smallest absolute Gasteiger partial charge is 0.330 e. The molecule has 0 spiro atoms. The fourth-order valence-electron chi connectivity index (χ4n) is 4.93. The van der Waals surface area contributed by atoms with Gasteiger partial charge in [-0.05, 0) is 30.9 Å². The lowest BCUT2D eigenvalue weighted by Crippen LogP contribution is -2.55. The van der Waals surface area contributed by atoms with Crippen molar-refractivity contribution >= 4 is 0 Å². The molecule has 2 aliphatic rings. The molecule has 2 saturated heterocycles. The number of nitrogens with zero attached hydrogens (tertiary/aromatic N) is 1. The van der Waals surface area contributed by atoms with Gasteiger partial charge in [0.1, 0.15) is 17.8 Å². The van der Waals surface area contributed by atoms with E-state index >= 15 is 0 Å². The molecule has 0 radical (unpaired) electrons. The number of ether oxygens (including phenoxy) is 4. The molecule has 5 rings (SSSR count). The zero-order chi connectivity index (χ0) is 24.3. The second-order valence-electron chi connectivity index (χ2n) is 9.12. The van der Waals surface area contributed by atoms with Crippen LogP contribution >= 0.6 is 0 Å². The quantitative estimate of drug-likeness (QED) is 0.535. The van der Waals surface area contributed by atoms with Gasteiger partial charge in [-0.1, -0.05) is 60.7 Å². The summed E-state index contributed by atoms with van der Waals surface area (Å²) in [5.74, 6) is 0. The van der Waals surface area contributed by atoms with Crippen LogP contribution in [0.3, 0.4) is 0 Å². The van der Waals surface area contributed by atoms with Gasteiger partial charge in [0.2, 0.25) is 0 Å². The van der Waals surface area contributed by atoms with E-state index in [1.54, 1.807) is 6.92 Å². The van der Waals surface area contributed by atoms with Crippen LogP contribution in [0.25, 0.3) is 0 Å². The van der Waals surface area contributed by atoms with Crippen LogP contribution in [0, 0.1) is 6.92 Å². The molecule has 1 N–H and O–H groups in total.